The van der Waals surface area contributed by atoms with Crippen molar-refractivity contribution in [1.29, 1.82) is 0 Å². The maximum Gasteiger partial charge on any atom is 0.329 e. The molecule has 0 bridgehead atoms. The average Bonchev–Trinajstić information content (AvgIpc) is 2.36. The second kappa shape index (κ2) is 5.22. The first-order valence-corrected chi connectivity index (χ1v) is 5.80. The van der Waals surface area contributed by atoms with Crippen molar-refractivity contribution < 1.29 is 19.5 Å². The number of aliphatic carboxylic acids is 1. The molecule has 1 aromatic carbocycles. The Bertz CT molecular complexity index is 517. The van der Waals surface area contributed by atoms with E-state index in [1.54, 1.807) is 12.1 Å². The summed E-state index contributed by atoms with van der Waals surface area (Å²) >= 11 is 0. The standard InChI is InChI=1S/C14H17NO4/c1-9(16)10-5-7-11(8-6-10)12(17)15(4)14(2,3)13(18)19/h5-8H,1-4H3,(H,18,19). The lowest BCUT2D eigenvalue weighted by Crippen LogP contribution is -2.50. The summed E-state index contributed by atoms with van der Waals surface area (Å²) in [4.78, 5) is 35.6. The summed E-state index contributed by atoms with van der Waals surface area (Å²) in [7, 11) is 1.44. The van der Waals surface area contributed by atoms with Crippen LogP contribution in [0, 0.1) is 0 Å². The average molecular weight is 263 g/mol. The molecular weight excluding hydrogens is 246 g/mol. The fourth-order valence-corrected chi connectivity index (χ4v) is 1.44. The molecule has 0 aromatic heterocycles. The Morgan fingerprint density at radius 2 is 1.47 bits per heavy atom. The second-order valence-corrected chi connectivity index (χ2v) is 4.86. The smallest absolute Gasteiger partial charge is 0.329 e. The lowest BCUT2D eigenvalue weighted by atomic mass is 10.0. The Labute approximate surface area is 111 Å². The number of hydrogen-bond donors (Lipinski definition) is 1. The molecule has 1 N–H and O–H groups in total. The van der Waals surface area contributed by atoms with E-state index in [2.05, 4.69) is 0 Å². The van der Waals surface area contributed by atoms with Crippen LogP contribution in [0.3, 0.4) is 0 Å². The summed E-state index contributed by atoms with van der Waals surface area (Å²) in [5.41, 5.74) is -0.436. The zero-order valence-corrected chi connectivity index (χ0v) is 11.4. The van der Waals surface area contributed by atoms with E-state index >= 15 is 0 Å². The molecular formula is C14H17NO4. The van der Waals surface area contributed by atoms with Gasteiger partial charge in [0.1, 0.15) is 5.54 Å². The van der Waals surface area contributed by atoms with Gasteiger partial charge in [-0.3, -0.25) is 9.59 Å². The molecule has 0 heterocycles. The second-order valence-electron chi connectivity index (χ2n) is 4.86. The molecule has 1 rings (SSSR count). The molecule has 0 aliphatic rings. The number of carbonyl (C=O) groups is 3. The van der Waals surface area contributed by atoms with E-state index in [1.165, 1.54) is 40.0 Å². The number of carboxylic acid groups (broad SMARTS) is 1. The first-order chi connectivity index (χ1) is 8.67. The van der Waals surface area contributed by atoms with E-state index in [0.29, 0.717) is 11.1 Å². The topological polar surface area (TPSA) is 74.7 Å². The van der Waals surface area contributed by atoms with E-state index < -0.39 is 17.4 Å². The molecule has 0 spiro atoms. The largest absolute Gasteiger partial charge is 0.480 e. The van der Waals surface area contributed by atoms with Crippen LogP contribution in [-0.4, -0.2) is 40.3 Å². The highest BCUT2D eigenvalue weighted by Crippen LogP contribution is 2.16. The lowest BCUT2D eigenvalue weighted by molar-refractivity contribution is -0.147. The minimum absolute atomic E-state index is 0.0850. The molecule has 0 saturated carbocycles. The third-order valence-electron chi connectivity index (χ3n) is 3.20. The van der Waals surface area contributed by atoms with Crippen LogP contribution >= 0.6 is 0 Å². The Morgan fingerprint density at radius 3 is 1.84 bits per heavy atom. The number of amides is 1. The summed E-state index contributed by atoms with van der Waals surface area (Å²) in [6.45, 7) is 4.35. The third-order valence-corrected chi connectivity index (χ3v) is 3.20. The molecule has 0 radical (unpaired) electrons. The molecule has 0 aliphatic carbocycles. The zero-order chi connectivity index (χ0) is 14.8. The van der Waals surface area contributed by atoms with Crippen LogP contribution in [-0.2, 0) is 4.79 Å². The number of carbonyl (C=O) groups excluding carboxylic acids is 2. The van der Waals surface area contributed by atoms with Gasteiger partial charge in [-0.05, 0) is 32.9 Å². The molecule has 0 atom stereocenters. The van der Waals surface area contributed by atoms with Crippen molar-refractivity contribution >= 4 is 17.7 Å². The van der Waals surface area contributed by atoms with Gasteiger partial charge in [0.25, 0.3) is 5.91 Å². The van der Waals surface area contributed by atoms with Crippen LogP contribution in [0.1, 0.15) is 41.5 Å². The molecule has 0 aliphatic heterocycles. The fourth-order valence-electron chi connectivity index (χ4n) is 1.44. The zero-order valence-electron chi connectivity index (χ0n) is 11.4. The number of hydrogen-bond acceptors (Lipinski definition) is 3. The summed E-state index contributed by atoms with van der Waals surface area (Å²) in [5, 5.41) is 9.09. The van der Waals surface area contributed by atoms with Gasteiger partial charge in [0.05, 0.1) is 0 Å². The summed E-state index contributed by atoms with van der Waals surface area (Å²) in [5.74, 6) is -1.57. The van der Waals surface area contributed by atoms with Crippen LogP contribution in [0.5, 0.6) is 0 Å². The van der Waals surface area contributed by atoms with Crippen molar-refractivity contribution in [2.45, 2.75) is 26.3 Å². The van der Waals surface area contributed by atoms with E-state index in [4.69, 9.17) is 5.11 Å². The van der Waals surface area contributed by atoms with Gasteiger partial charge in [-0.15, -0.1) is 0 Å². The van der Waals surface area contributed by atoms with E-state index in [9.17, 15) is 14.4 Å². The van der Waals surface area contributed by atoms with Crippen molar-refractivity contribution in [3.63, 3.8) is 0 Å². The van der Waals surface area contributed by atoms with E-state index in [-0.39, 0.29) is 5.78 Å². The summed E-state index contributed by atoms with van der Waals surface area (Å²) < 4.78 is 0. The summed E-state index contributed by atoms with van der Waals surface area (Å²) in [6, 6.07) is 6.15. The number of benzene rings is 1. The number of nitrogens with zero attached hydrogens (tertiary/aromatic N) is 1. The van der Waals surface area contributed by atoms with Crippen molar-refractivity contribution in [2.24, 2.45) is 0 Å². The quantitative estimate of drug-likeness (QED) is 0.841. The van der Waals surface area contributed by atoms with Gasteiger partial charge in [0.15, 0.2) is 5.78 Å². The van der Waals surface area contributed by atoms with E-state index in [0.717, 1.165) is 4.90 Å². The number of carboxylic acids is 1. The highest BCUT2D eigenvalue weighted by Gasteiger charge is 2.35. The van der Waals surface area contributed by atoms with Gasteiger partial charge in [-0.2, -0.15) is 0 Å². The highest BCUT2D eigenvalue weighted by molar-refractivity contribution is 5.99. The molecule has 0 saturated heterocycles. The van der Waals surface area contributed by atoms with Gasteiger partial charge >= 0.3 is 5.97 Å². The minimum Gasteiger partial charge on any atom is -0.480 e. The van der Waals surface area contributed by atoms with Crippen LogP contribution in [0.2, 0.25) is 0 Å². The van der Waals surface area contributed by atoms with Gasteiger partial charge in [0, 0.05) is 18.2 Å². The molecule has 102 valence electrons. The normalized spacial score (nSPS) is 10.9. The predicted molar refractivity (Wildman–Crippen MR) is 70.3 cm³/mol. The Balaban J connectivity index is 3.01. The number of likely N-dealkylation sites (N-methyl/N-ethyl adjacent to an activating group) is 1. The number of Topliss-reactive ketones (excluding diaryl/α,β-unsaturated/α-hetero) is 1. The summed E-state index contributed by atoms with van der Waals surface area (Å²) in [6.07, 6.45) is 0. The first-order valence-electron chi connectivity index (χ1n) is 5.80. The maximum atomic E-state index is 12.2. The van der Waals surface area contributed by atoms with Crippen molar-refractivity contribution in [1.82, 2.24) is 4.90 Å². The monoisotopic (exact) mass is 263 g/mol. The molecule has 1 amide bonds. The Morgan fingerprint density at radius 1 is 1.05 bits per heavy atom. The fraction of sp³-hybridized carbons (Fsp3) is 0.357. The molecule has 1 aromatic rings. The Kier molecular flexibility index (Phi) is 4.09. The lowest BCUT2D eigenvalue weighted by Gasteiger charge is -2.31. The van der Waals surface area contributed by atoms with Crippen LogP contribution in [0.25, 0.3) is 0 Å². The third kappa shape index (κ3) is 2.99. The van der Waals surface area contributed by atoms with Crippen LogP contribution < -0.4 is 0 Å². The predicted octanol–water partition coefficient (Wildman–Crippen LogP) is 1.82. The first kappa shape index (κ1) is 14.9. The van der Waals surface area contributed by atoms with Gasteiger partial charge in [0.2, 0.25) is 0 Å². The molecule has 0 fully saturated rings. The minimum atomic E-state index is -1.30. The Hall–Kier alpha value is -2.17. The van der Waals surface area contributed by atoms with Gasteiger partial charge < -0.3 is 10.0 Å². The number of rotatable bonds is 4. The van der Waals surface area contributed by atoms with Crippen molar-refractivity contribution in [2.75, 3.05) is 7.05 Å². The molecule has 19 heavy (non-hydrogen) atoms. The SMILES string of the molecule is CC(=O)c1ccc(C(=O)N(C)C(C)(C)C(=O)O)cc1. The number of ketones is 1. The van der Waals surface area contributed by atoms with Crippen LogP contribution in [0.4, 0.5) is 0 Å². The highest BCUT2D eigenvalue weighted by atomic mass is 16.4. The molecule has 5 heteroatoms. The van der Waals surface area contributed by atoms with Crippen LogP contribution in [0.15, 0.2) is 24.3 Å². The van der Waals surface area contributed by atoms with E-state index in [1.807, 2.05) is 0 Å². The van der Waals surface area contributed by atoms with Gasteiger partial charge in [-0.25, -0.2) is 4.79 Å². The molecule has 0 unspecified atom stereocenters. The van der Waals surface area contributed by atoms with Crippen molar-refractivity contribution in [3.05, 3.63) is 35.4 Å². The molecule has 5 nitrogen and oxygen atoms in total. The maximum absolute atomic E-state index is 12.2. The van der Waals surface area contributed by atoms with Gasteiger partial charge in [-0.1, -0.05) is 12.1 Å². The van der Waals surface area contributed by atoms with Crippen molar-refractivity contribution in [3.8, 4) is 0 Å².